The van der Waals surface area contributed by atoms with Gasteiger partial charge in [0.15, 0.2) is 0 Å². The van der Waals surface area contributed by atoms with Gasteiger partial charge in [-0.05, 0) is 24.5 Å². The van der Waals surface area contributed by atoms with E-state index in [1.54, 1.807) is 18.2 Å². The molecule has 1 heterocycles. The molecule has 1 atom stereocenters. The second-order valence-corrected chi connectivity index (χ2v) is 4.27. The lowest BCUT2D eigenvalue weighted by molar-refractivity contribution is -0.120. The highest BCUT2D eigenvalue weighted by Crippen LogP contribution is 2.05. The fourth-order valence-corrected chi connectivity index (χ4v) is 1.45. The van der Waals surface area contributed by atoms with Gasteiger partial charge in [0.05, 0.1) is 0 Å². The predicted molar refractivity (Wildman–Crippen MR) is 64.1 cm³/mol. The van der Waals surface area contributed by atoms with Crippen LogP contribution in [0, 0.1) is 5.92 Å². The number of nitrogens with one attached hydrogen (secondary N) is 1. The second kappa shape index (κ2) is 5.98. The average Bonchev–Trinajstić information content (AvgIpc) is 2.28. The molecular formula is C12H17N3O2. The lowest BCUT2D eigenvalue weighted by atomic mass is 10.0. The van der Waals surface area contributed by atoms with Crippen LogP contribution in [0.1, 0.15) is 30.8 Å². The standard InChI is InChI=1S/C12H17N3O2/c1-8(2)7-10(11(13)16)15-12(17)9-5-3-4-6-14-9/h3-6,8,10H,7H2,1-2H3,(H2,13,16)(H,15,17)/t10-/m0/s1. The van der Waals surface area contributed by atoms with Gasteiger partial charge in [-0.1, -0.05) is 19.9 Å². The molecule has 5 heteroatoms. The van der Waals surface area contributed by atoms with Gasteiger partial charge < -0.3 is 11.1 Å². The fraction of sp³-hybridized carbons (Fsp3) is 0.417. The molecule has 17 heavy (non-hydrogen) atoms. The minimum Gasteiger partial charge on any atom is -0.368 e. The molecule has 0 bridgehead atoms. The molecule has 5 nitrogen and oxygen atoms in total. The third-order valence-corrected chi connectivity index (χ3v) is 2.25. The number of aromatic nitrogens is 1. The number of pyridine rings is 1. The molecule has 3 N–H and O–H groups in total. The zero-order chi connectivity index (χ0) is 12.8. The molecule has 0 spiro atoms. The Balaban J connectivity index is 2.68. The summed E-state index contributed by atoms with van der Waals surface area (Å²) >= 11 is 0. The maximum Gasteiger partial charge on any atom is 0.270 e. The van der Waals surface area contributed by atoms with Crippen LogP contribution in [0.5, 0.6) is 0 Å². The summed E-state index contributed by atoms with van der Waals surface area (Å²) in [6, 6.07) is 4.37. The number of nitrogens with two attached hydrogens (primary N) is 1. The van der Waals surface area contributed by atoms with Crippen LogP contribution in [0.4, 0.5) is 0 Å². The maximum absolute atomic E-state index is 11.8. The molecule has 0 saturated carbocycles. The maximum atomic E-state index is 11.8. The van der Waals surface area contributed by atoms with Gasteiger partial charge in [0, 0.05) is 6.20 Å². The van der Waals surface area contributed by atoms with E-state index in [1.807, 2.05) is 13.8 Å². The smallest absolute Gasteiger partial charge is 0.270 e. The average molecular weight is 235 g/mol. The number of hydrogen-bond acceptors (Lipinski definition) is 3. The van der Waals surface area contributed by atoms with E-state index in [0.29, 0.717) is 6.42 Å². The quantitative estimate of drug-likeness (QED) is 0.788. The molecule has 0 fully saturated rings. The monoisotopic (exact) mass is 235 g/mol. The van der Waals surface area contributed by atoms with Crippen LogP contribution in [-0.2, 0) is 4.79 Å². The summed E-state index contributed by atoms with van der Waals surface area (Å²) in [6.45, 7) is 3.92. The van der Waals surface area contributed by atoms with Crippen LogP contribution in [0.25, 0.3) is 0 Å². The number of rotatable bonds is 5. The minimum absolute atomic E-state index is 0.275. The van der Waals surface area contributed by atoms with Crippen molar-refractivity contribution >= 4 is 11.8 Å². The fourth-order valence-electron chi connectivity index (χ4n) is 1.45. The van der Waals surface area contributed by atoms with Crippen LogP contribution in [0.15, 0.2) is 24.4 Å². The van der Waals surface area contributed by atoms with E-state index < -0.39 is 11.9 Å². The Labute approximate surface area is 100 Å². The number of primary amides is 1. The zero-order valence-corrected chi connectivity index (χ0v) is 10.0. The Morgan fingerprint density at radius 3 is 2.59 bits per heavy atom. The second-order valence-electron chi connectivity index (χ2n) is 4.27. The third-order valence-electron chi connectivity index (χ3n) is 2.25. The molecule has 0 unspecified atom stereocenters. The van der Waals surface area contributed by atoms with Gasteiger partial charge in [-0.25, -0.2) is 0 Å². The Morgan fingerprint density at radius 1 is 1.41 bits per heavy atom. The summed E-state index contributed by atoms with van der Waals surface area (Å²) in [5.41, 5.74) is 5.52. The highest BCUT2D eigenvalue weighted by molar-refractivity contribution is 5.95. The van der Waals surface area contributed by atoms with Gasteiger partial charge in [-0.15, -0.1) is 0 Å². The van der Waals surface area contributed by atoms with Gasteiger partial charge in [-0.3, -0.25) is 14.6 Å². The molecular weight excluding hydrogens is 218 g/mol. The SMILES string of the molecule is CC(C)C[C@H](NC(=O)c1ccccn1)C(N)=O. The first-order valence-corrected chi connectivity index (χ1v) is 5.52. The number of nitrogens with zero attached hydrogens (tertiary/aromatic N) is 1. The first-order chi connectivity index (χ1) is 8.00. The summed E-state index contributed by atoms with van der Waals surface area (Å²) < 4.78 is 0. The first-order valence-electron chi connectivity index (χ1n) is 5.52. The molecule has 0 radical (unpaired) electrons. The highest BCUT2D eigenvalue weighted by Gasteiger charge is 2.20. The van der Waals surface area contributed by atoms with Crippen molar-refractivity contribution in [1.29, 1.82) is 0 Å². The normalized spacial score (nSPS) is 12.2. The van der Waals surface area contributed by atoms with Crippen LogP contribution >= 0.6 is 0 Å². The van der Waals surface area contributed by atoms with E-state index in [1.165, 1.54) is 6.20 Å². The van der Waals surface area contributed by atoms with E-state index in [2.05, 4.69) is 10.3 Å². The molecule has 0 saturated heterocycles. The summed E-state index contributed by atoms with van der Waals surface area (Å²) in [5, 5.41) is 2.59. The summed E-state index contributed by atoms with van der Waals surface area (Å²) in [7, 11) is 0. The number of hydrogen-bond donors (Lipinski definition) is 2. The van der Waals surface area contributed by atoms with Crippen molar-refractivity contribution < 1.29 is 9.59 Å². The lowest BCUT2D eigenvalue weighted by Crippen LogP contribution is -2.45. The molecule has 1 aromatic rings. The third kappa shape index (κ3) is 4.22. The first kappa shape index (κ1) is 13.2. The van der Waals surface area contributed by atoms with E-state index in [-0.39, 0.29) is 17.5 Å². The van der Waals surface area contributed by atoms with Crippen molar-refractivity contribution in [3.05, 3.63) is 30.1 Å². The Kier molecular flexibility index (Phi) is 4.63. The predicted octanol–water partition coefficient (Wildman–Crippen LogP) is 0.711. The van der Waals surface area contributed by atoms with Crippen LogP contribution in [0.2, 0.25) is 0 Å². The van der Waals surface area contributed by atoms with Gasteiger partial charge in [0.25, 0.3) is 5.91 Å². The van der Waals surface area contributed by atoms with E-state index in [4.69, 9.17) is 5.73 Å². The number of amides is 2. The lowest BCUT2D eigenvalue weighted by Gasteiger charge is -2.16. The molecule has 0 aromatic carbocycles. The van der Waals surface area contributed by atoms with Gasteiger partial charge in [-0.2, -0.15) is 0 Å². The van der Waals surface area contributed by atoms with Crippen molar-refractivity contribution in [2.45, 2.75) is 26.3 Å². The summed E-state index contributed by atoms with van der Waals surface area (Å²) in [5.74, 6) is -0.630. The Morgan fingerprint density at radius 2 is 2.12 bits per heavy atom. The van der Waals surface area contributed by atoms with Gasteiger partial charge >= 0.3 is 0 Å². The van der Waals surface area contributed by atoms with Crippen molar-refractivity contribution in [2.24, 2.45) is 11.7 Å². The minimum atomic E-state index is -0.649. The highest BCUT2D eigenvalue weighted by atomic mass is 16.2. The van der Waals surface area contributed by atoms with Crippen LogP contribution < -0.4 is 11.1 Å². The molecule has 0 aliphatic rings. The Hall–Kier alpha value is -1.91. The summed E-state index contributed by atoms with van der Waals surface area (Å²) in [4.78, 5) is 26.9. The van der Waals surface area contributed by atoms with E-state index in [9.17, 15) is 9.59 Å². The van der Waals surface area contributed by atoms with E-state index >= 15 is 0 Å². The van der Waals surface area contributed by atoms with Crippen molar-refractivity contribution in [3.63, 3.8) is 0 Å². The molecule has 0 aliphatic heterocycles. The topological polar surface area (TPSA) is 85.1 Å². The molecule has 2 amide bonds. The Bertz CT molecular complexity index is 390. The van der Waals surface area contributed by atoms with E-state index in [0.717, 1.165) is 0 Å². The largest absolute Gasteiger partial charge is 0.368 e. The molecule has 0 aliphatic carbocycles. The van der Waals surface area contributed by atoms with Crippen molar-refractivity contribution in [1.82, 2.24) is 10.3 Å². The van der Waals surface area contributed by atoms with Crippen molar-refractivity contribution in [3.8, 4) is 0 Å². The van der Waals surface area contributed by atoms with Gasteiger partial charge in [0.1, 0.15) is 11.7 Å². The van der Waals surface area contributed by atoms with Crippen molar-refractivity contribution in [2.75, 3.05) is 0 Å². The number of carbonyl (C=O) groups is 2. The molecule has 1 rings (SSSR count). The molecule has 1 aromatic heterocycles. The zero-order valence-electron chi connectivity index (χ0n) is 10.0. The van der Waals surface area contributed by atoms with Gasteiger partial charge in [0.2, 0.25) is 5.91 Å². The van der Waals surface area contributed by atoms with Crippen LogP contribution in [0.3, 0.4) is 0 Å². The summed E-state index contributed by atoms with van der Waals surface area (Å²) in [6.07, 6.45) is 2.05. The van der Waals surface area contributed by atoms with Crippen LogP contribution in [-0.4, -0.2) is 22.8 Å². The number of carbonyl (C=O) groups excluding carboxylic acids is 2. The molecule has 92 valence electrons.